The van der Waals surface area contributed by atoms with Gasteiger partial charge in [-0.3, -0.25) is 4.99 Å². The lowest BCUT2D eigenvalue weighted by atomic mass is 9.96. The van der Waals surface area contributed by atoms with E-state index in [1.54, 1.807) is 0 Å². The van der Waals surface area contributed by atoms with Crippen LogP contribution in [0.2, 0.25) is 0 Å². The molecule has 16 heavy (non-hydrogen) atoms. The van der Waals surface area contributed by atoms with Crippen molar-refractivity contribution < 1.29 is 0 Å². The van der Waals surface area contributed by atoms with Crippen LogP contribution in [0.25, 0.3) is 0 Å². The van der Waals surface area contributed by atoms with Crippen molar-refractivity contribution in [3.05, 3.63) is 11.6 Å². The van der Waals surface area contributed by atoms with E-state index >= 15 is 0 Å². The van der Waals surface area contributed by atoms with Gasteiger partial charge in [0.05, 0.1) is 0 Å². The van der Waals surface area contributed by atoms with Gasteiger partial charge in [0.1, 0.15) is 0 Å². The Morgan fingerprint density at radius 2 is 1.94 bits per heavy atom. The number of allylic oxidation sites excluding steroid dienone is 2. The third-order valence-corrected chi connectivity index (χ3v) is 3.40. The smallest absolute Gasteiger partial charge is 0.0499 e. The summed E-state index contributed by atoms with van der Waals surface area (Å²) in [7, 11) is 0. The molecule has 1 heteroatoms. The average Bonchev–Trinajstić information content (AvgIpc) is 2.35. The van der Waals surface area contributed by atoms with Gasteiger partial charge in [0.2, 0.25) is 0 Å². The summed E-state index contributed by atoms with van der Waals surface area (Å²) in [5.41, 5.74) is 1.43. The lowest BCUT2D eigenvalue weighted by Crippen LogP contribution is -2.09. The fourth-order valence-electron chi connectivity index (χ4n) is 2.21. The predicted molar refractivity (Wildman–Crippen MR) is 73.3 cm³/mol. The molecule has 0 spiro atoms. The van der Waals surface area contributed by atoms with Gasteiger partial charge in [0, 0.05) is 12.3 Å². The summed E-state index contributed by atoms with van der Waals surface area (Å²) in [4.78, 5) is 4.74. The predicted octanol–water partition coefficient (Wildman–Crippen LogP) is 4.92. The number of aliphatic imine (C=N–C) groups is 1. The Morgan fingerprint density at radius 3 is 2.56 bits per heavy atom. The Balaban J connectivity index is 2.35. The van der Waals surface area contributed by atoms with E-state index in [1.807, 2.05) is 0 Å². The molecule has 92 valence electrons. The zero-order valence-corrected chi connectivity index (χ0v) is 11.0. The minimum Gasteiger partial charge on any atom is -0.290 e. The first-order chi connectivity index (χ1) is 7.86. The van der Waals surface area contributed by atoms with Gasteiger partial charge in [0.25, 0.3) is 0 Å². The first-order valence-corrected chi connectivity index (χ1v) is 7.09. The minimum atomic E-state index is 0.620. The molecule has 0 aromatic rings. The number of nitrogens with zero attached hydrogens (tertiary/aromatic N) is 1. The number of unbranched alkanes of at least 4 members (excludes halogenated alkanes) is 2. The van der Waals surface area contributed by atoms with Crippen molar-refractivity contribution in [3.63, 3.8) is 0 Å². The summed E-state index contributed by atoms with van der Waals surface area (Å²) in [6.07, 6.45) is 16.2. The first-order valence-electron chi connectivity index (χ1n) is 7.09. The summed E-state index contributed by atoms with van der Waals surface area (Å²) >= 11 is 0. The Bertz CT molecular complexity index is 222. The maximum atomic E-state index is 4.74. The van der Waals surface area contributed by atoms with Crippen LogP contribution < -0.4 is 0 Å². The molecule has 0 bridgehead atoms. The van der Waals surface area contributed by atoms with Crippen molar-refractivity contribution in [3.8, 4) is 0 Å². The monoisotopic (exact) mass is 221 g/mol. The molecule has 1 nitrogen and oxygen atoms in total. The number of rotatable bonds is 6. The maximum absolute atomic E-state index is 4.74. The van der Waals surface area contributed by atoms with Crippen LogP contribution in [0.5, 0.6) is 0 Å². The molecule has 0 N–H and O–H groups in total. The second-order valence-electron chi connectivity index (χ2n) is 4.84. The van der Waals surface area contributed by atoms with Crippen LogP contribution in [-0.2, 0) is 0 Å². The fraction of sp³-hybridized carbons (Fsp3) is 0.800. The highest BCUT2D eigenvalue weighted by Crippen LogP contribution is 2.20. The fourth-order valence-corrected chi connectivity index (χ4v) is 2.21. The molecule has 1 rings (SSSR count). The summed E-state index contributed by atoms with van der Waals surface area (Å²) in [5, 5.41) is 0. The normalized spacial score (nSPS) is 19.5. The number of hydrogen-bond acceptors (Lipinski definition) is 1. The summed E-state index contributed by atoms with van der Waals surface area (Å²) in [6, 6.07) is 0.620. The zero-order chi connectivity index (χ0) is 11.6. The molecule has 1 fully saturated rings. The van der Waals surface area contributed by atoms with E-state index in [4.69, 9.17) is 4.99 Å². The molecule has 0 aromatic heterocycles. The third-order valence-electron chi connectivity index (χ3n) is 3.40. The topological polar surface area (TPSA) is 12.4 Å². The molecule has 0 aromatic carbocycles. The summed E-state index contributed by atoms with van der Waals surface area (Å²) in [5.74, 6) is 0. The molecule has 0 atom stereocenters. The summed E-state index contributed by atoms with van der Waals surface area (Å²) in [6.45, 7) is 4.47. The molecular formula is C15H27N. The van der Waals surface area contributed by atoms with Crippen molar-refractivity contribution in [2.45, 2.75) is 77.7 Å². The van der Waals surface area contributed by atoms with Gasteiger partial charge in [0.15, 0.2) is 0 Å². The molecule has 0 aliphatic heterocycles. The average molecular weight is 221 g/mol. The van der Waals surface area contributed by atoms with Gasteiger partial charge in [-0.1, -0.05) is 52.0 Å². The SMILES string of the molecule is CCCCC=C(C=NC1CCCCC1)CC. The van der Waals surface area contributed by atoms with Gasteiger partial charge < -0.3 is 0 Å². The molecule has 0 unspecified atom stereocenters. The van der Waals surface area contributed by atoms with Gasteiger partial charge in [-0.25, -0.2) is 0 Å². The first kappa shape index (κ1) is 13.5. The Kier molecular flexibility index (Phi) is 7.20. The summed E-state index contributed by atoms with van der Waals surface area (Å²) < 4.78 is 0. The third kappa shape index (κ3) is 5.48. The minimum absolute atomic E-state index is 0.620. The Morgan fingerprint density at radius 1 is 1.19 bits per heavy atom. The molecule has 0 radical (unpaired) electrons. The van der Waals surface area contributed by atoms with Gasteiger partial charge in [-0.05, 0) is 31.3 Å². The molecule has 1 saturated carbocycles. The van der Waals surface area contributed by atoms with Gasteiger partial charge in [-0.2, -0.15) is 0 Å². The second kappa shape index (κ2) is 8.55. The van der Waals surface area contributed by atoms with Crippen LogP contribution in [0.4, 0.5) is 0 Å². The van der Waals surface area contributed by atoms with Crippen LogP contribution in [0.3, 0.4) is 0 Å². The van der Waals surface area contributed by atoms with Crippen molar-refractivity contribution in [2.24, 2.45) is 4.99 Å². The number of hydrogen-bond donors (Lipinski definition) is 0. The van der Waals surface area contributed by atoms with E-state index in [0.717, 1.165) is 6.42 Å². The van der Waals surface area contributed by atoms with E-state index in [1.165, 1.54) is 56.9 Å². The highest BCUT2D eigenvalue weighted by molar-refractivity contribution is 5.78. The molecular weight excluding hydrogens is 194 g/mol. The molecule has 0 saturated heterocycles. The molecule has 0 heterocycles. The molecule has 1 aliphatic rings. The lowest BCUT2D eigenvalue weighted by Gasteiger charge is -2.17. The van der Waals surface area contributed by atoms with Crippen LogP contribution in [-0.4, -0.2) is 12.3 Å². The van der Waals surface area contributed by atoms with Crippen molar-refractivity contribution in [2.75, 3.05) is 0 Å². The van der Waals surface area contributed by atoms with E-state index < -0.39 is 0 Å². The van der Waals surface area contributed by atoms with Gasteiger partial charge >= 0.3 is 0 Å². The van der Waals surface area contributed by atoms with Crippen LogP contribution in [0.15, 0.2) is 16.6 Å². The molecule has 0 amide bonds. The quantitative estimate of drug-likeness (QED) is 0.446. The van der Waals surface area contributed by atoms with E-state index in [-0.39, 0.29) is 0 Å². The maximum Gasteiger partial charge on any atom is 0.0499 e. The van der Waals surface area contributed by atoms with E-state index in [0.29, 0.717) is 6.04 Å². The standard InChI is InChI=1S/C15H27N/c1-3-5-7-10-14(4-2)13-16-15-11-8-6-9-12-15/h10,13,15H,3-9,11-12H2,1-2H3. The largest absolute Gasteiger partial charge is 0.290 e. The van der Waals surface area contributed by atoms with Crippen LogP contribution in [0, 0.1) is 0 Å². The Hall–Kier alpha value is -0.590. The lowest BCUT2D eigenvalue weighted by molar-refractivity contribution is 0.444. The highest BCUT2D eigenvalue weighted by atomic mass is 14.8. The van der Waals surface area contributed by atoms with Gasteiger partial charge in [-0.15, -0.1) is 0 Å². The molecule has 1 aliphatic carbocycles. The highest BCUT2D eigenvalue weighted by Gasteiger charge is 2.10. The zero-order valence-electron chi connectivity index (χ0n) is 11.0. The Labute approximate surface area is 101 Å². The van der Waals surface area contributed by atoms with E-state index in [9.17, 15) is 0 Å². The van der Waals surface area contributed by atoms with Crippen molar-refractivity contribution in [1.29, 1.82) is 0 Å². The second-order valence-corrected chi connectivity index (χ2v) is 4.84. The van der Waals surface area contributed by atoms with Crippen molar-refractivity contribution >= 4 is 6.21 Å². The van der Waals surface area contributed by atoms with E-state index in [2.05, 4.69) is 26.1 Å². The van der Waals surface area contributed by atoms with Crippen molar-refractivity contribution in [1.82, 2.24) is 0 Å². The van der Waals surface area contributed by atoms with Crippen LogP contribution in [0.1, 0.15) is 71.6 Å². The van der Waals surface area contributed by atoms with Crippen LogP contribution >= 0.6 is 0 Å².